The minimum Gasteiger partial charge on any atom is -0.318 e. The fraction of sp³-hybridized carbons (Fsp3) is 0.467. The lowest BCUT2D eigenvalue weighted by molar-refractivity contribution is 0.239. The molecule has 1 aromatic carbocycles. The minimum atomic E-state index is 0. The molecule has 1 saturated heterocycles. The fourth-order valence-electron chi connectivity index (χ4n) is 2.83. The normalized spacial score (nSPS) is 18.6. The van der Waals surface area contributed by atoms with Gasteiger partial charge in [-0.05, 0) is 38.6 Å². The van der Waals surface area contributed by atoms with Gasteiger partial charge in [0.15, 0.2) is 0 Å². The van der Waals surface area contributed by atoms with Crippen LogP contribution in [-0.4, -0.2) is 46.1 Å². The third-order valence-electron chi connectivity index (χ3n) is 3.83. The van der Waals surface area contributed by atoms with Crippen LogP contribution in [0.3, 0.4) is 0 Å². The van der Waals surface area contributed by atoms with Crippen molar-refractivity contribution in [2.45, 2.75) is 25.4 Å². The first kappa shape index (κ1) is 15.9. The first-order chi connectivity index (χ1) is 9.86. The van der Waals surface area contributed by atoms with E-state index in [1.165, 1.54) is 12.8 Å². The number of aromatic nitrogens is 3. The summed E-state index contributed by atoms with van der Waals surface area (Å²) in [6.07, 6.45) is 4.43. The van der Waals surface area contributed by atoms with Gasteiger partial charge in [0, 0.05) is 19.1 Å². The molecule has 1 aromatic heterocycles. The number of rotatable bonds is 5. The van der Waals surface area contributed by atoms with Crippen LogP contribution in [0.4, 0.5) is 0 Å². The highest BCUT2D eigenvalue weighted by Gasteiger charge is 2.24. The summed E-state index contributed by atoms with van der Waals surface area (Å²) in [5.41, 5.74) is 2.05. The van der Waals surface area contributed by atoms with Crippen molar-refractivity contribution in [1.82, 2.24) is 25.2 Å². The predicted octanol–water partition coefficient (Wildman–Crippen LogP) is 1.87. The van der Waals surface area contributed by atoms with Crippen LogP contribution in [-0.2, 0) is 6.54 Å². The Hall–Kier alpha value is -1.43. The fourth-order valence-corrected chi connectivity index (χ4v) is 2.83. The molecule has 1 atom stereocenters. The standard InChI is InChI=1S/C15H21N5.ClH/c1-16-11-15-8-5-9-19(15)12-13-10-17-20(18-13)14-6-3-2-4-7-14;/h2-4,6-7,10,15-16H,5,8-9,11-12H2,1H3;1H. The lowest BCUT2D eigenvalue weighted by atomic mass is 10.2. The number of likely N-dealkylation sites (N-methyl/N-ethyl adjacent to an activating group) is 1. The van der Waals surface area contributed by atoms with Crippen molar-refractivity contribution >= 4 is 12.4 Å². The Bertz CT molecular complexity index is 542. The molecular formula is C15H22ClN5. The summed E-state index contributed by atoms with van der Waals surface area (Å²) >= 11 is 0. The monoisotopic (exact) mass is 307 g/mol. The van der Waals surface area contributed by atoms with Crippen molar-refractivity contribution in [3.05, 3.63) is 42.2 Å². The average molecular weight is 308 g/mol. The Morgan fingerprint density at radius 3 is 2.86 bits per heavy atom. The van der Waals surface area contributed by atoms with Crippen LogP contribution >= 0.6 is 12.4 Å². The van der Waals surface area contributed by atoms with Gasteiger partial charge in [-0.3, -0.25) is 4.90 Å². The van der Waals surface area contributed by atoms with Gasteiger partial charge in [-0.2, -0.15) is 15.0 Å². The number of nitrogens with one attached hydrogen (secondary N) is 1. The lowest BCUT2D eigenvalue weighted by Crippen LogP contribution is -2.36. The van der Waals surface area contributed by atoms with E-state index in [9.17, 15) is 0 Å². The van der Waals surface area contributed by atoms with Gasteiger partial charge in [0.05, 0.1) is 17.6 Å². The number of para-hydroxylation sites is 1. The molecule has 1 aliphatic rings. The highest BCUT2D eigenvalue weighted by atomic mass is 35.5. The summed E-state index contributed by atoms with van der Waals surface area (Å²) in [6, 6.07) is 10.7. The van der Waals surface area contributed by atoms with Crippen LogP contribution in [0, 0.1) is 0 Å². The summed E-state index contributed by atoms with van der Waals surface area (Å²) in [5, 5.41) is 12.2. The number of hydrogen-bond acceptors (Lipinski definition) is 4. The Morgan fingerprint density at radius 1 is 1.29 bits per heavy atom. The van der Waals surface area contributed by atoms with Crippen molar-refractivity contribution in [2.75, 3.05) is 20.1 Å². The van der Waals surface area contributed by atoms with Crippen LogP contribution in [0.2, 0.25) is 0 Å². The molecule has 6 heteroatoms. The molecule has 21 heavy (non-hydrogen) atoms. The smallest absolute Gasteiger partial charge is 0.0971 e. The van der Waals surface area contributed by atoms with E-state index in [1.54, 1.807) is 4.80 Å². The molecule has 0 radical (unpaired) electrons. The van der Waals surface area contributed by atoms with Crippen LogP contribution in [0.5, 0.6) is 0 Å². The Morgan fingerprint density at radius 2 is 2.10 bits per heavy atom. The maximum atomic E-state index is 4.58. The van der Waals surface area contributed by atoms with Crippen molar-refractivity contribution in [3.63, 3.8) is 0 Å². The van der Waals surface area contributed by atoms with Gasteiger partial charge in [-0.1, -0.05) is 18.2 Å². The number of likely N-dealkylation sites (tertiary alicyclic amines) is 1. The van der Waals surface area contributed by atoms with Gasteiger partial charge in [0.1, 0.15) is 0 Å². The van der Waals surface area contributed by atoms with Gasteiger partial charge >= 0.3 is 0 Å². The quantitative estimate of drug-likeness (QED) is 0.916. The third kappa shape index (κ3) is 3.81. The first-order valence-electron chi connectivity index (χ1n) is 7.22. The maximum absolute atomic E-state index is 4.58. The maximum Gasteiger partial charge on any atom is 0.0971 e. The SMILES string of the molecule is CNCC1CCCN1Cc1cnn(-c2ccccc2)n1.Cl. The van der Waals surface area contributed by atoms with E-state index in [2.05, 4.69) is 20.4 Å². The highest BCUT2D eigenvalue weighted by molar-refractivity contribution is 5.85. The minimum absolute atomic E-state index is 0. The summed E-state index contributed by atoms with van der Waals surface area (Å²) < 4.78 is 0. The number of nitrogens with zero attached hydrogens (tertiary/aromatic N) is 4. The molecule has 114 valence electrons. The van der Waals surface area contributed by atoms with Crippen LogP contribution in [0.1, 0.15) is 18.5 Å². The number of halogens is 1. The van der Waals surface area contributed by atoms with Crippen LogP contribution in [0.25, 0.3) is 5.69 Å². The second-order valence-corrected chi connectivity index (χ2v) is 5.29. The van der Waals surface area contributed by atoms with Crippen molar-refractivity contribution in [1.29, 1.82) is 0 Å². The lowest BCUT2D eigenvalue weighted by Gasteiger charge is -2.22. The van der Waals surface area contributed by atoms with Crippen molar-refractivity contribution in [2.24, 2.45) is 0 Å². The Balaban J connectivity index is 0.00000161. The highest BCUT2D eigenvalue weighted by Crippen LogP contribution is 2.18. The summed E-state index contributed by atoms with van der Waals surface area (Å²) in [6.45, 7) is 3.09. The molecule has 1 unspecified atom stereocenters. The molecule has 1 fully saturated rings. The zero-order chi connectivity index (χ0) is 13.8. The van der Waals surface area contributed by atoms with Crippen LogP contribution in [0.15, 0.2) is 36.5 Å². The van der Waals surface area contributed by atoms with E-state index in [0.29, 0.717) is 6.04 Å². The number of hydrogen-bond donors (Lipinski definition) is 1. The number of benzene rings is 1. The summed E-state index contributed by atoms with van der Waals surface area (Å²) in [5.74, 6) is 0. The zero-order valence-corrected chi connectivity index (χ0v) is 13.1. The molecule has 5 nitrogen and oxygen atoms in total. The molecule has 0 amide bonds. The van der Waals surface area contributed by atoms with Gasteiger partial charge in [0.25, 0.3) is 0 Å². The molecule has 3 rings (SSSR count). The largest absolute Gasteiger partial charge is 0.318 e. The summed E-state index contributed by atoms with van der Waals surface area (Å²) in [7, 11) is 2.02. The molecule has 0 spiro atoms. The topological polar surface area (TPSA) is 46.0 Å². The molecule has 2 heterocycles. The van der Waals surface area contributed by atoms with Crippen LogP contribution < -0.4 is 5.32 Å². The molecule has 0 bridgehead atoms. The van der Waals surface area contributed by atoms with E-state index in [-0.39, 0.29) is 12.4 Å². The zero-order valence-electron chi connectivity index (χ0n) is 12.3. The predicted molar refractivity (Wildman–Crippen MR) is 86.0 cm³/mol. The molecular weight excluding hydrogens is 286 g/mol. The van der Waals surface area contributed by atoms with Gasteiger partial charge in [0.2, 0.25) is 0 Å². The Labute approximate surface area is 131 Å². The van der Waals surface area contributed by atoms with Crippen molar-refractivity contribution in [3.8, 4) is 5.69 Å². The van der Waals surface area contributed by atoms with E-state index < -0.39 is 0 Å². The molecule has 0 aliphatic carbocycles. The summed E-state index contributed by atoms with van der Waals surface area (Å²) in [4.78, 5) is 4.20. The Kier molecular flexibility index (Phi) is 5.73. The van der Waals surface area contributed by atoms with Gasteiger partial charge in [-0.15, -0.1) is 12.4 Å². The molecule has 1 aliphatic heterocycles. The van der Waals surface area contributed by atoms with Crippen molar-refractivity contribution < 1.29 is 0 Å². The van der Waals surface area contributed by atoms with Gasteiger partial charge < -0.3 is 5.32 Å². The molecule has 0 saturated carbocycles. The molecule has 2 aromatic rings. The van der Waals surface area contributed by atoms with Gasteiger partial charge in [-0.25, -0.2) is 0 Å². The van der Waals surface area contributed by atoms with E-state index in [4.69, 9.17) is 0 Å². The third-order valence-corrected chi connectivity index (χ3v) is 3.83. The second-order valence-electron chi connectivity index (χ2n) is 5.29. The molecule has 1 N–H and O–H groups in total. The van der Waals surface area contributed by atoms with E-state index in [0.717, 1.165) is 31.0 Å². The second kappa shape index (κ2) is 7.54. The average Bonchev–Trinajstić information content (AvgIpc) is 3.11. The first-order valence-corrected chi connectivity index (χ1v) is 7.22. The van der Waals surface area contributed by atoms with E-state index >= 15 is 0 Å². The van der Waals surface area contributed by atoms with E-state index in [1.807, 2.05) is 43.6 Å².